The van der Waals surface area contributed by atoms with Crippen LogP contribution in [-0.2, 0) is 0 Å². The minimum Gasteiger partial charge on any atom is -0.353 e. The van der Waals surface area contributed by atoms with Gasteiger partial charge in [-0.25, -0.2) is 16.5 Å². The molecule has 1 spiro atoms. The fourth-order valence-electron chi connectivity index (χ4n) is 3.60. The van der Waals surface area contributed by atoms with Gasteiger partial charge in [0.05, 0.1) is 11.2 Å². The van der Waals surface area contributed by atoms with Gasteiger partial charge in [0.25, 0.3) is 6.67 Å². The maximum Gasteiger partial charge on any atom is 0.271 e. The van der Waals surface area contributed by atoms with Crippen molar-refractivity contribution in [3.63, 3.8) is 0 Å². The summed E-state index contributed by atoms with van der Waals surface area (Å²) in [5, 5.41) is 4.16. The van der Waals surface area contributed by atoms with Crippen LogP contribution in [0.5, 0.6) is 0 Å². The third kappa shape index (κ3) is 2.70. The average molecular weight is 341 g/mol. The monoisotopic (exact) mass is 341 g/mol. The van der Waals surface area contributed by atoms with Crippen LogP contribution in [0.3, 0.4) is 0 Å². The first-order valence-electron chi connectivity index (χ1n) is 8.05. The van der Waals surface area contributed by atoms with Crippen LogP contribution in [0.1, 0.15) is 18.5 Å². The lowest BCUT2D eigenvalue weighted by Gasteiger charge is -2.51. The van der Waals surface area contributed by atoms with Crippen LogP contribution < -0.4 is 10.2 Å². The van der Waals surface area contributed by atoms with Gasteiger partial charge in [-0.3, -0.25) is 4.85 Å². The quantitative estimate of drug-likeness (QED) is 0.862. The number of aromatic nitrogens is 3. The minimum absolute atomic E-state index is 0.178. The van der Waals surface area contributed by atoms with Gasteiger partial charge >= 0.3 is 0 Å². The van der Waals surface area contributed by atoms with E-state index in [0.717, 1.165) is 36.1 Å². The highest BCUT2D eigenvalue weighted by molar-refractivity contribution is 7.10. The van der Waals surface area contributed by atoms with Crippen LogP contribution in [0.15, 0.2) is 18.3 Å². The summed E-state index contributed by atoms with van der Waals surface area (Å²) in [6.07, 6.45) is 4.15. The molecule has 4 rings (SSSR count). The lowest BCUT2D eigenvalue weighted by atomic mass is 9.87. The Morgan fingerprint density at radius 3 is 3.08 bits per heavy atom. The molecule has 0 saturated carbocycles. The van der Waals surface area contributed by atoms with Crippen LogP contribution in [0.4, 0.5) is 16.8 Å². The summed E-state index contributed by atoms with van der Waals surface area (Å²) in [4.78, 5) is 17.1. The molecule has 2 aromatic heterocycles. The highest BCUT2D eigenvalue weighted by atomic mass is 32.1. The lowest BCUT2D eigenvalue weighted by molar-refractivity contribution is 0.115. The number of likely N-dealkylation sites (tertiary alicyclic amines) is 1. The van der Waals surface area contributed by atoms with E-state index in [2.05, 4.69) is 34.3 Å². The number of anilines is 3. The summed E-state index contributed by atoms with van der Waals surface area (Å²) < 4.78 is 4.26. The van der Waals surface area contributed by atoms with Crippen molar-refractivity contribution in [2.45, 2.75) is 25.3 Å². The van der Waals surface area contributed by atoms with Crippen molar-refractivity contribution < 1.29 is 0 Å². The van der Waals surface area contributed by atoms with Crippen LogP contribution in [0.2, 0.25) is 0 Å². The zero-order valence-corrected chi connectivity index (χ0v) is 14.4. The van der Waals surface area contributed by atoms with E-state index in [1.54, 1.807) is 6.20 Å². The number of nitrogens with zero attached hydrogens (tertiary/aromatic N) is 6. The van der Waals surface area contributed by atoms with Gasteiger partial charge in [-0.1, -0.05) is 0 Å². The number of nitrogens with one attached hydrogen (secondary N) is 1. The van der Waals surface area contributed by atoms with E-state index in [1.807, 2.05) is 19.1 Å². The summed E-state index contributed by atoms with van der Waals surface area (Å²) in [7, 11) is 0. The smallest absolute Gasteiger partial charge is 0.271 e. The van der Waals surface area contributed by atoms with Crippen LogP contribution in [0, 0.1) is 13.5 Å². The van der Waals surface area contributed by atoms with E-state index in [-0.39, 0.29) is 5.54 Å². The van der Waals surface area contributed by atoms with Crippen molar-refractivity contribution in [3.8, 4) is 0 Å². The molecular weight excluding hydrogens is 322 g/mol. The molecule has 2 saturated heterocycles. The molecule has 0 unspecified atom stereocenters. The third-order valence-electron chi connectivity index (χ3n) is 4.78. The first kappa shape index (κ1) is 15.3. The molecule has 0 radical (unpaired) electrons. The summed E-state index contributed by atoms with van der Waals surface area (Å²) >= 11 is 1.41. The Morgan fingerprint density at radius 2 is 2.33 bits per heavy atom. The van der Waals surface area contributed by atoms with Gasteiger partial charge in [0, 0.05) is 25.8 Å². The van der Waals surface area contributed by atoms with Crippen LogP contribution in [0.25, 0.3) is 4.85 Å². The lowest BCUT2D eigenvalue weighted by Crippen LogP contribution is -2.68. The Balaban J connectivity index is 1.45. The van der Waals surface area contributed by atoms with Crippen molar-refractivity contribution in [1.82, 2.24) is 19.2 Å². The second kappa shape index (κ2) is 6.00. The Bertz CT molecular complexity index is 775. The third-order valence-corrected chi connectivity index (χ3v) is 5.58. The topological polar surface area (TPSA) is 61.5 Å². The molecule has 0 amide bonds. The molecule has 0 aromatic carbocycles. The van der Waals surface area contributed by atoms with Crippen molar-refractivity contribution in [1.29, 1.82) is 0 Å². The standard InChI is InChI=1S/C16H19N7S/c1-12-8-14(24-21-12)20-15-18-6-4-13(19-15)22-9-16(10-22)5-3-7-23(16)11-17-2/h4,6,8H,3,5,7,9-11H2,1H3,(H,18,19,20). The van der Waals surface area contributed by atoms with E-state index in [0.29, 0.717) is 12.6 Å². The Morgan fingerprint density at radius 1 is 1.46 bits per heavy atom. The summed E-state index contributed by atoms with van der Waals surface area (Å²) in [5.74, 6) is 1.54. The molecule has 4 heterocycles. The molecule has 124 valence electrons. The van der Waals surface area contributed by atoms with Gasteiger partial charge < -0.3 is 10.2 Å². The fourth-order valence-corrected chi connectivity index (χ4v) is 4.26. The molecule has 1 N–H and O–H groups in total. The zero-order chi connectivity index (χ0) is 16.6. The molecule has 7 nitrogen and oxygen atoms in total. The predicted molar refractivity (Wildman–Crippen MR) is 94.5 cm³/mol. The second-order valence-corrected chi connectivity index (χ2v) is 7.25. The molecule has 2 aliphatic heterocycles. The molecule has 0 atom stereocenters. The largest absolute Gasteiger partial charge is 0.353 e. The number of hydrogen-bond donors (Lipinski definition) is 1. The first-order valence-corrected chi connectivity index (χ1v) is 8.82. The van der Waals surface area contributed by atoms with Crippen molar-refractivity contribution in [2.24, 2.45) is 0 Å². The molecule has 2 aromatic rings. The zero-order valence-electron chi connectivity index (χ0n) is 13.6. The molecule has 8 heteroatoms. The van der Waals surface area contributed by atoms with E-state index >= 15 is 0 Å². The number of aryl methyl sites for hydroxylation is 1. The maximum absolute atomic E-state index is 7.13. The van der Waals surface area contributed by atoms with Crippen LogP contribution >= 0.6 is 11.5 Å². The highest BCUT2D eigenvalue weighted by Crippen LogP contribution is 2.39. The first-order chi connectivity index (χ1) is 11.7. The van der Waals surface area contributed by atoms with E-state index < -0.39 is 0 Å². The Kier molecular flexibility index (Phi) is 3.82. The summed E-state index contributed by atoms with van der Waals surface area (Å²) in [5.41, 5.74) is 1.17. The van der Waals surface area contributed by atoms with E-state index in [1.165, 1.54) is 24.4 Å². The molecule has 0 bridgehead atoms. The summed E-state index contributed by atoms with van der Waals surface area (Å²) in [6.45, 7) is 12.5. The number of hydrogen-bond acceptors (Lipinski definition) is 7. The predicted octanol–water partition coefficient (Wildman–Crippen LogP) is 2.52. The molecular formula is C16H19N7S. The fraction of sp³-hybridized carbons (Fsp3) is 0.500. The van der Waals surface area contributed by atoms with Gasteiger partial charge in [0.15, 0.2) is 0 Å². The molecule has 0 aliphatic carbocycles. The molecule has 2 aliphatic rings. The molecule has 2 fully saturated rings. The van der Waals surface area contributed by atoms with Gasteiger partial charge in [0.2, 0.25) is 5.95 Å². The van der Waals surface area contributed by atoms with Gasteiger partial charge in [-0.05, 0) is 43.4 Å². The molecule has 24 heavy (non-hydrogen) atoms. The SMILES string of the molecule is [C-]#[N+]CN1CCCC12CN(c1ccnc(Nc3cc(C)ns3)n1)C2. The van der Waals surface area contributed by atoms with Crippen molar-refractivity contribution in [2.75, 3.05) is 36.5 Å². The normalized spacial score (nSPS) is 19.2. The van der Waals surface area contributed by atoms with E-state index in [9.17, 15) is 0 Å². The Labute approximate surface area is 145 Å². The number of rotatable bonds is 4. The average Bonchev–Trinajstić information content (AvgIpc) is 3.13. The minimum atomic E-state index is 0.178. The highest BCUT2D eigenvalue weighted by Gasteiger charge is 2.51. The van der Waals surface area contributed by atoms with Crippen molar-refractivity contribution in [3.05, 3.63) is 35.4 Å². The van der Waals surface area contributed by atoms with Gasteiger partial charge in [0.1, 0.15) is 10.8 Å². The second-order valence-electron chi connectivity index (χ2n) is 6.44. The summed E-state index contributed by atoms with van der Waals surface area (Å²) in [6, 6.07) is 3.93. The van der Waals surface area contributed by atoms with Gasteiger partial charge in [-0.15, -0.1) is 0 Å². The van der Waals surface area contributed by atoms with E-state index in [4.69, 9.17) is 6.57 Å². The van der Waals surface area contributed by atoms with Crippen LogP contribution in [-0.4, -0.2) is 51.1 Å². The maximum atomic E-state index is 7.13. The Hall–Kier alpha value is -2.24. The van der Waals surface area contributed by atoms with Gasteiger partial charge in [-0.2, -0.15) is 9.36 Å². The van der Waals surface area contributed by atoms with Crippen molar-refractivity contribution >= 4 is 28.3 Å².